The summed E-state index contributed by atoms with van der Waals surface area (Å²) in [5.41, 5.74) is 2.06. The van der Waals surface area contributed by atoms with Gasteiger partial charge in [-0.25, -0.2) is 0 Å². The number of hydrogen-bond acceptors (Lipinski definition) is 2. The summed E-state index contributed by atoms with van der Waals surface area (Å²) in [5, 5.41) is 2.91. The van der Waals surface area contributed by atoms with Crippen molar-refractivity contribution in [3.05, 3.63) is 29.8 Å². The Labute approximate surface area is 103 Å². The third kappa shape index (κ3) is 3.61. The summed E-state index contributed by atoms with van der Waals surface area (Å²) in [5.74, 6) is 2.49. The zero-order chi connectivity index (χ0) is 12.7. The van der Waals surface area contributed by atoms with E-state index in [0.29, 0.717) is 13.1 Å². The number of nitrogens with one attached hydrogen (secondary N) is 1. The molecule has 0 saturated heterocycles. The number of nitrogens with zero attached hydrogens (tertiary/aromatic N) is 1. The standard InChI is InChI=1S/C14H18N2O/c1-4-10-15-11-14(17)16(5-2)13-9-7-6-8-12(13)3/h1,6-9,15H,5,10-11H2,2-3H3. The number of hydrogen-bond donors (Lipinski definition) is 1. The maximum absolute atomic E-state index is 12.0. The molecule has 0 fully saturated rings. The van der Waals surface area contributed by atoms with Crippen LogP contribution in [0, 0.1) is 19.3 Å². The zero-order valence-electron chi connectivity index (χ0n) is 10.4. The molecule has 3 nitrogen and oxygen atoms in total. The quantitative estimate of drug-likeness (QED) is 0.615. The van der Waals surface area contributed by atoms with Crippen LogP contribution in [-0.4, -0.2) is 25.5 Å². The Bertz CT molecular complexity index is 420. The van der Waals surface area contributed by atoms with Gasteiger partial charge in [0.25, 0.3) is 0 Å². The molecule has 0 heterocycles. The van der Waals surface area contributed by atoms with Crippen LogP contribution in [0.2, 0.25) is 0 Å². The molecule has 0 aliphatic carbocycles. The monoisotopic (exact) mass is 230 g/mol. The highest BCUT2D eigenvalue weighted by atomic mass is 16.2. The normalized spacial score (nSPS) is 9.71. The molecule has 1 amide bonds. The van der Waals surface area contributed by atoms with E-state index in [0.717, 1.165) is 11.3 Å². The number of anilines is 1. The Morgan fingerprint density at radius 3 is 2.76 bits per heavy atom. The summed E-state index contributed by atoms with van der Waals surface area (Å²) in [6, 6.07) is 7.86. The first-order chi connectivity index (χ1) is 8.20. The van der Waals surface area contributed by atoms with Crippen LogP contribution >= 0.6 is 0 Å². The average molecular weight is 230 g/mol. The average Bonchev–Trinajstić information content (AvgIpc) is 2.33. The van der Waals surface area contributed by atoms with Gasteiger partial charge in [0.15, 0.2) is 0 Å². The first-order valence-electron chi connectivity index (χ1n) is 5.70. The lowest BCUT2D eigenvalue weighted by atomic mass is 10.2. The second kappa shape index (κ2) is 6.72. The molecule has 0 aliphatic heterocycles. The molecule has 0 saturated carbocycles. The maximum Gasteiger partial charge on any atom is 0.240 e. The number of rotatable bonds is 5. The van der Waals surface area contributed by atoms with Gasteiger partial charge in [-0.2, -0.15) is 0 Å². The Balaban J connectivity index is 2.75. The first-order valence-corrected chi connectivity index (χ1v) is 5.70. The van der Waals surface area contributed by atoms with Crippen LogP contribution in [0.25, 0.3) is 0 Å². The lowest BCUT2D eigenvalue weighted by Gasteiger charge is -2.22. The zero-order valence-corrected chi connectivity index (χ0v) is 10.4. The summed E-state index contributed by atoms with van der Waals surface area (Å²) in [7, 11) is 0. The molecule has 1 rings (SSSR count). The van der Waals surface area contributed by atoms with Crippen molar-refractivity contribution in [2.24, 2.45) is 0 Å². The summed E-state index contributed by atoms with van der Waals surface area (Å²) in [6.07, 6.45) is 5.12. The number of terminal acetylenes is 1. The highest BCUT2D eigenvalue weighted by molar-refractivity contribution is 5.95. The fourth-order valence-corrected chi connectivity index (χ4v) is 1.68. The van der Waals surface area contributed by atoms with E-state index in [2.05, 4.69) is 11.2 Å². The molecule has 0 aromatic heterocycles. The fraction of sp³-hybridized carbons (Fsp3) is 0.357. The molecule has 90 valence electrons. The number of carbonyl (C=O) groups excluding carboxylic acids is 1. The van der Waals surface area contributed by atoms with Gasteiger partial charge in [0.05, 0.1) is 13.1 Å². The van der Waals surface area contributed by atoms with Crippen molar-refractivity contribution in [1.82, 2.24) is 5.32 Å². The molecule has 0 spiro atoms. The van der Waals surface area contributed by atoms with Crippen LogP contribution in [0.4, 0.5) is 5.69 Å². The third-order valence-corrected chi connectivity index (χ3v) is 2.53. The minimum absolute atomic E-state index is 0.0389. The molecule has 1 aromatic rings. The van der Waals surface area contributed by atoms with Crippen molar-refractivity contribution < 1.29 is 4.79 Å². The number of para-hydroxylation sites is 1. The van der Waals surface area contributed by atoms with E-state index in [1.54, 1.807) is 4.90 Å². The topological polar surface area (TPSA) is 32.3 Å². The molecular weight excluding hydrogens is 212 g/mol. The summed E-state index contributed by atoms with van der Waals surface area (Å²) < 4.78 is 0. The molecule has 1 N–H and O–H groups in total. The number of likely N-dealkylation sites (N-methyl/N-ethyl adjacent to an activating group) is 1. The molecule has 1 aromatic carbocycles. The number of aryl methyl sites for hydroxylation is 1. The molecule has 0 unspecified atom stereocenters. The Morgan fingerprint density at radius 2 is 2.18 bits per heavy atom. The van der Waals surface area contributed by atoms with Crippen LogP contribution in [0.1, 0.15) is 12.5 Å². The molecule has 0 bridgehead atoms. The van der Waals surface area contributed by atoms with Crippen LogP contribution < -0.4 is 10.2 Å². The number of benzene rings is 1. The highest BCUT2D eigenvalue weighted by Gasteiger charge is 2.14. The van der Waals surface area contributed by atoms with Crippen LogP contribution in [-0.2, 0) is 4.79 Å². The Morgan fingerprint density at radius 1 is 1.47 bits per heavy atom. The van der Waals surface area contributed by atoms with E-state index >= 15 is 0 Å². The lowest BCUT2D eigenvalue weighted by Crippen LogP contribution is -2.38. The van der Waals surface area contributed by atoms with Gasteiger partial charge in [-0.05, 0) is 25.5 Å². The molecule has 0 aliphatic rings. The van der Waals surface area contributed by atoms with E-state index in [-0.39, 0.29) is 12.5 Å². The summed E-state index contributed by atoms with van der Waals surface area (Å²) >= 11 is 0. The van der Waals surface area contributed by atoms with Crippen molar-refractivity contribution in [2.75, 3.05) is 24.5 Å². The van der Waals surface area contributed by atoms with Gasteiger partial charge in [0, 0.05) is 12.2 Å². The second-order valence-corrected chi connectivity index (χ2v) is 3.73. The van der Waals surface area contributed by atoms with Crippen molar-refractivity contribution in [2.45, 2.75) is 13.8 Å². The van der Waals surface area contributed by atoms with E-state index in [4.69, 9.17) is 6.42 Å². The van der Waals surface area contributed by atoms with Gasteiger partial charge in [-0.3, -0.25) is 10.1 Å². The minimum Gasteiger partial charge on any atom is -0.311 e. The van der Waals surface area contributed by atoms with E-state index in [9.17, 15) is 4.79 Å². The predicted octanol–water partition coefficient (Wildman–Crippen LogP) is 1.57. The second-order valence-electron chi connectivity index (χ2n) is 3.73. The molecule has 0 atom stereocenters. The van der Waals surface area contributed by atoms with Crippen molar-refractivity contribution >= 4 is 11.6 Å². The smallest absolute Gasteiger partial charge is 0.240 e. The van der Waals surface area contributed by atoms with Crippen molar-refractivity contribution in [3.8, 4) is 12.3 Å². The third-order valence-electron chi connectivity index (χ3n) is 2.53. The maximum atomic E-state index is 12.0. The van der Waals surface area contributed by atoms with E-state index in [1.807, 2.05) is 38.1 Å². The number of amides is 1. The van der Waals surface area contributed by atoms with Crippen molar-refractivity contribution in [1.29, 1.82) is 0 Å². The van der Waals surface area contributed by atoms with E-state index in [1.165, 1.54) is 0 Å². The molecule has 3 heteroatoms. The molecule has 17 heavy (non-hydrogen) atoms. The van der Waals surface area contributed by atoms with Gasteiger partial charge in [0.2, 0.25) is 5.91 Å². The predicted molar refractivity (Wildman–Crippen MR) is 70.9 cm³/mol. The largest absolute Gasteiger partial charge is 0.311 e. The van der Waals surface area contributed by atoms with Crippen LogP contribution in [0.5, 0.6) is 0 Å². The summed E-state index contributed by atoms with van der Waals surface area (Å²) in [6.45, 7) is 5.30. The van der Waals surface area contributed by atoms with Gasteiger partial charge in [-0.15, -0.1) is 6.42 Å². The van der Waals surface area contributed by atoms with E-state index < -0.39 is 0 Å². The minimum atomic E-state index is 0.0389. The van der Waals surface area contributed by atoms with Crippen LogP contribution in [0.3, 0.4) is 0 Å². The van der Waals surface area contributed by atoms with Gasteiger partial charge in [-0.1, -0.05) is 24.1 Å². The highest BCUT2D eigenvalue weighted by Crippen LogP contribution is 2.18. The van der Waals surface area contributed by atoms with Crippen LogP contribution in [0.15, 0.2) is 24.3 Å². The Kier molecular flexibility index (Phi) is 5.25. The fourth-order valence-electron chi connectivity index (χ4n) is 1.68. The van der Waals surface area contributed by atoms with Gasteiger partial charge in [0.1, 0.15) is 0 Å². The summed E-state index contributed by atoms with van der Waals surface area (Å²) in [4.78, 5) is 13.8. The Hall–Kier alpha value is -1.79. The van der Waals surface area contributed by atoms with Gasteiger partial charge >= 0.3 is 0 Å². The molecule has 0 radical (unpaired) electrons. The molecular formula is C14H18N2O. The first kappa shape index (κ1) is 13.3. The lowest BCUT2D eigenvalue weighted by molar-refractivity contribution is -0.117. The SMILES string of the molecule is C#CCNCC(=O)N(CC)c1ccccc1C. The van der Waals surface area contributed by atoms with Crippen molar-refractivity contribution in [3.63, 3.8) is 0 Å². The van der Waals surface area contributed by atoms with Gasteiger partial charge < -0.3 is 4.90 Å². The number of carbonyl (C=O) groups is 1.